The standard InChI is InChI=1S/C12H15BrO3S/c1-3-9(11(14)15-2)12(6-16-7-12)10-4-8(13)5-17-10/h4-5,9H,3,6-7H2,1-2H3. The van der Waals surface area contributed by atoms with Crippen molar-refractivity contribution in [2.45, 2.75) is 18.8 Å². The highest BCUT2D eigenvalue weighted by molar-refractivity contribution is 9.10. The van der Waals surface area contributed by atoms with Crippen molar-refractivity contribution >= 4 is 33.2 Å². The normalized spacial score (nSPS) is 19.5. The molecule has 5 heteroatoms. The number of carbonyl (C=O) groups excluding carboxylic acids is 1. The summed E-state index contributed by atoms with van der Waals surface area (Å²) in [5.74, 6) is -0.257. The van der Waals surface area contributed by atoms with Gasteiger partial charge in [0.1, 0.15) is 0 Å². The molecule has 1 aliphatic rings. The first-order valence-corrected chi connectivity index (χ1v) is 7.21. The van der Waals surface area contributed by atoms with Crippen molar-refractivity contribution in [2.75, 3.05) is 20.3 Å². The Hall–Kier alpha value is -0.390. The maximum absolute atomic E-state index is 11.9. The summed E-state index contributed by atoms with van der Waals surface area (Å²) < 4.78 is 11.3. The van der Waals surface area contributed by atoms with E-state index in [1.165, 1.54) is 12.0 Å². The minimum Gasteiger partial charge on any atom is -0.469 e. The zero-order valence-electron chi connectivity index (χ0n) is 9.86. The zero-order valence-corrected chi connectivity index (χ0v) is 12.3. The van der Waals surface area contributed by atoms with Crippen LogP contribution >= 0.6 is 27.3 Å². The largest absolute Gasteiger partial charge is 0.469 e. The minimum absolute atomic E-state index is 0.119. The van der Waals surface area contributed by atoms with Crippen LogP contribution in [-0.4, -0.2) is 26.3 Å². The molecule has 0 N–H and O–H groups in total. The molecule has 2 heterocycles. The van der Waals surface area contributed by atoms with Crippen LogP contribution in [0.3, 0.4) is 0 Å². The summed E-state index contributed by atoms with van der Waals surface area (Å²) in [6, 6.07) is 2.08. The average molecular weight is 319 g/mol. The molecular weight excluding hydrogens is 304 g/mol. The van der Waals surface area contributed by atoms with Crippen LogP contribution in [0.2, 0.25) is 0 Å². The third-order valence-electron chi connectivity index (χ3n) is 3.34. The number of carbonyl (C=O) groups is 1. The molecule has 1 aromatic rings. The Morgan fingerprint density at radius 1 is 1.71 bits per heavy atom. The number of methoxy groups -OCH3 is 1. The molecular formula is C12H15BrO3S. The second-order valence-electron chi connectivity index (χ2n) is 4.26. The monoisotopic (exact) mass is 318 g/mol. The predicted molar refractivity (Wildman–Crippen MR) is 70.3 cm³/mol. The van der Waals surface area contributed by atoms with Crippen molar-refractivity contribution in [3.05, 3.63) is 20.8 Å². The lowest BCUT2D eigenvalue weighted by Gasteiger charge is -2.45. The first kappa shape index (κ1) is 13.1. The first-order valence-electron chi connectivity index (χ1n) is 5.54. The second-order valence-corrected chi connectivity index (χ2v) is 6.09. The Labute approximate surface area is 113 Å². The molecule has 1 saturated heterocycles. The Kier molecular flexibility index (Phi) is 3.90. The summed E-state index contributed by atoms with van der Waals surface area (Å²) in [4.78, 5) is 13.1. The maximum Gasteiger partial charge on any atom is 0.309 e. The van der Waals surface area contributed by atoms with Gasteiger partial charge < -0.3 is 9.47 Å². The summed E-state index contributed by atoms with van der Waals surface area (Å²) in [5.41, 5.74) is -0.182. The number of hydrogen-bond donors (Lipinski definition) is 0. The molecule has 94 valence electrons. The van der Waals surface area contributed by atoms with E-state index in [1.807, 2.05) is 12.3 Å². The third-order valence-corrected chi connectivity index (χ3v) is 5.25. The van der Waals surface area contributed by atoms with E-state index in [-0.39, 0.29) is 17.3 Å². The first-order chi connectivity index (χ1) is 8.14. The van der Waals surface area contributed by atoms with E-state index in [2.05, 4.69) is 22.0 Å². The van der Waals surface area contributed by atoms with E-state index < -0.39 is 0 Å². The van der Waals surface area contributed by atoms with Crippen LogP contribution in [0.15, 0.2) is 15.9 Å². The van der Waals surface area contributed by atoms with Gasteiger partial charge in [0, 0.05) is 14.7 Å². The third kappa shape index (κ3) is 2.16. The number of halogens is 1. The molecule has 3 nitrogen and oxygen atoms in total. The Balaban J connectivity index is 2.33. The second kappa shape index (κ2) is 5.08. The van der Waals surface area contributed by atoms with Crippen molar-refractivity contribution in [3.8, 4) is 0 Å². The van der Waals surface area contributed by atoms with Crippen LogP contribution in [0.5, 0.6) is 0 Å². The van der Waals surface area contributed by atoms with Gasteiger partial charge >= 0.3 is 5.97 Å². The van der Waals surface area contributed by atoms with Gasteiger partial charge in [0.15, 0.2) is 0 Å². The maximum atomic E-state index is 11.9. The lowest BCUT2D eigenvalue weighted by Crippen LogP contribution is -2.54. The van der Waals surface area contributed by atoms with Crippen molar-refractivity contribution in [1.29, 1.82) is 0 Å². The van der Waals surface area contributed by atoms with Crippen LogP contribution in [0, 0.1) is 5.92 Å². The molecule has 0 amide bonds. The molecule has 0 bridgehead atoms. The van der Waals surface area contributed by atoms with E-state index in [0.29, 0.717) is 13.2 Å². The van der Waals surface area contributed by atoms with E-state index in [0.717, 1.165) is 10.9 Å². The molecule has 1 atom stereocenters. The molecule has 0 radical (unpaired) electrons. The van der Waals surface area contributed by atoms with E-state index in [4.69, 9.17) is 9.47 Å². The fourth-order valence-corrected chi connectivity index (χ4v) is 3.99. The summed E-state index contributed by atoms with van der Waals surface area (Å²) in [5, 5.41) is 2.04. The fourth-order valence-electron chi connectivity index (χ4n) is 2.34. The highest BCUT2D eigenvalue weighted by atomic mass is 79.9. The number of thiophene rings is 1. The number of hydrogen-bond acceptors (Lipinski definition) is 4. The van der Waals surface area contributed by atoms with E-state index in [9.17, 15) is 4.79 Å². The van der Waals surface area contributed by atoms with Gasteiger partial charge in [-0.05, 0) is 28.4 Å². The van der Waals surface area contributed by atoms with Crippen LogP contribution in [0.1, 0.15) is 18.2 Å². The van der Waals surface area contributed by atoms with E-state index in [1.54, 1.807) is 11.3 Å². The van der Waals surface area contributed by atoms with Crippen LogP contribution in [0.4, 0.5) is 0 Å². The molecule has 1 unspecified atom stereocenters. The quantitative estimate of drug-likeness (QED) is 0.801. The lowest BCUT2D eigenvalue weighted by molar-refractivity contribution is -0.160. The Morgan fingerprint density at radius 2 is 2.41 bits per heavy atom. The topological polar surface area (TPSA) is 35.5 Å². The van der Waals surface area contributed by atoms with Gasteiger partial charge in [-0.2, -0.15) is 0 Å². The van der Waals surface area contributed by atoms with Crippen molar-refractivity contribution in [2.24, 2.45) is 5.92 Å². The van der Waals surface area contributed by atoms with Crippen LogP contribution in [0.25, 0.3) is 0 Å². The van der Waals surface area contributed by atoms with Gasteiger partial charge in [0.25, 0.3) is 0 Å². The smallest absolute Gasteiger partial charge is 0.309 e. The van der Waals surface area contributed by atoms with Gasteiger partial charge in [-0.3, -0.25) is 4.79 Å². The summed E-state index contributed by atoms with van der Waals surface area (Å²) in [6.07, 6.45) is 0.769. The van der Waals surface area contributed by atoms with Gasteiger partial charge in [-0.25, -0.2) is 0 Å². The van der Waals surface area contributed by atoms with E-state index >= 15 is 0 Å². The van der Waals surface area contributed by atoms with Gasteiger partial charge in [-0.15, -0.1) is 11.3 Å². The highest BCUT2D eigenvalue weighted by Crippen LogP contribution is 2.44. The average Bonchev–Trinajstić information content (AvgIpc) is 2.69. The molecule has 0 saturated carbocycles. The molecule has 1 aliphatic heterocycles. The molecule has 1 aromatic heterocycles. The number of ether oxygens (including phenoxy) is 2. The highest BCUT2D eigenvalue weighted by Gasteiger charge is 2.50. The molecule has 17 heavy (non-hydrogen) atoms. The number of esters is 1. The zero-order chi connectivity index (χ0) is 12.5. The SMILES string of the molecule is CCC(C(=O)OC)C1(c2cc(Br)cs2)COC1. The molecule has 0 spiro atoms. The van der Waals surface area contributed by atoms with Crippen molar-refractivity contribution in [3.63, 3.8) is 0 Å². The summed E-state index contributed by atoms with van der Waals surface area (Å²) in [6.45, 7) is 3.23. The predicted octanol–water partition coefficient (Wildman–Crippen LogP) is 2.98. The van der Waals surface area contributed by atoms with Crippen LogP contribution in [-0.2, 0) is 19.7 Å². The van der Waals surface area contributed by atoms with Gasteiger partial charge in [0.05, 0.1) is 31.7 Å². The summed E-state index contributed by atoms with van der Waals surface area (Å²) >= 11 is 5.13. The Morgan fingerprint density at radius 3 is 2.76 bits per heavy atom. The lowest BCUT2D eigenvalue weighted by atomic mass is 9.71. The molecule has 0 aromatic carbocycles. The van der Waals surface area contributed by atoms with Crippen molar-refractivity contribution in [1.82, 2.24) is 0 Å². The fraction of sp³-hybridized carbons (Fsp3) is 0.583. The molecule has 1 fully saturated rings. The molecule has 0 aliphatic carbocycles. The minimum atomic E-state index is -0.182. The number of rotatable bonds is 4. The Bertz CT molecular complexity index is 412. The van der Waals surface area contributed by atoms with Crippen LogP contribution < -0.4 is 0 Å². The van der Waals surface area contributed by atoms with Crippen molar-refractivity contribution < 1.29 is 14.3 Å². The summed E-state index contributed by atoms with van der Waals surface area (Å²) in [7, 11) is 1.45. The van der Waals surface area contributed by atoms with Gasteiger partial charge in [-0.1, -0.05) is 6.92 Å². The van der Waals surface area contributed by atoms with Gasteiger partial charge in [0.2, 0.25) is 0 Å². The molecule has 2 rings (SSSR count).